The van der Waals surface area contributed by atoms with Gasteiger partial charge in [-0.15, -0.1) is 0 Å². The highest BCUT2D eigenvalue weighted by atomic mass is 35.5. The summed E-state index contributed by atoms with van der Waals surface area (Å²) in [5, 5.41) is 4.35. The van der Waals surface area contributed by atoms with Gasteiger partial charge in [0.15, 0.2) is 0 Å². The van der Waals surface area contributed by atoms with Crippen molar-refractivity contribution in [3.8, 4) is 0 Å². The van der Waals surface area contributed by atoms with E-state index in [2.05, 4.69) is 5.32 Å². The van der Waals surface area contributed by atoms with Crippen molar-refractivity contribution in [2.24, 2.45) is 5.92 Å². The monoisotopic (exact) mass is 323 g/mol. The Morgan fingerprint density at radius 3 is 2.47 bits per heavy atom. The van der Waals surface area contributed by atoms with Gasteiger partial charge in [-0.25, -0.2) is 8.42 Å². The molecule has 1 rings (SSSR count). The molecule has 2 atom stereocenters. The highest BCUT2D eigenvalue weighted by Crippen LogP contribution is 2.29. The summed E-state index contributed by atoms with van der Waals surface area (Å²) in [6, 6.07) is 5.52. The lowest BCUT2D eigenvalue weighted by Gasteiger charge is -2.19. The first kappa shape index (κ1) is 16.8. The Bertz CT molecular complexity index is 531. The van der Waals surface area contributed by atoms with E-state index >= 15 is 0 Å². The number of hydrogen-bond donors (Lipinski definition) is 1. The molecule has 0 amide bonds. The van der Waals surface area contributed by atoms with Crippen LogP contribution in [-0.2, 0) is 9.84 Å². The van der Waals surface area contributed by atoms with Gasteiger partial charge in [0, 0.05) is 12.3 Å². The van der Waals surface area contributed by atoms with Crippen molar-refractivity contribution >= 4 is 33.0 Å². The van der Waals surface area contributed by atoms with Crippen LogP contribution in [0.5, 0.6) is 0 Å². The molecule has 0 radical (unpaired) electrons. The van der Waals surface area contributed by atoms with E-state index in [1.807, 2.05) is 26.0 Å². The van der Waals surface area contributed by atoms with Crippen LogP contribution in [-0.4, -0.2) is 27.0 Å². The van der Waals surface area contributed by atoms with Crippen molar-refractivity contribution in [3.63, 3.8) is 0 Å². The third-order valence-electron chi connectivity index (χ3n) is 2.81. The number of hydrogen-bond acceptors (Lipinski definition) is 3. The topological polar surface area (TPSA) is 46.2 Å². The number of benzene rings is 1. The van der Waals surface area contributed by atoms with Gasteiger partial charge in [-0.2, -0.15) is 0 Å². The lowest BCUT2D eigenvalue weighted by molar-refractivity contribution is 0.492. The highest BCUT2D eigenvalue weighted by molar-refractivity contribution is 7.90. The van der Waals surface area contributed by atoms with Crippen LogP contribution < -0.4 is 5.32 Å². The molecule has 19 heavy (non-hydrogen) atoms. The third kappa shape index (κ3) is 5.69. The summed E-state index contributed by atoms with van der Waals surface area (Å²) in [4.78, 5) is 0. The van der Waals surface area contributed by atoms with E-state index in [9.17, 15) is 8.42 Å². The fraction of sp³-hybridized carbons (Fsp3) is 0.538. The Morgan fingerprint density at radius 2 is 1.89 bits per heavy atom. The summed E-state index contributed by atoms with van der Waals surface area (Å²) < 4.78 is 22.4. The van der Waals surface area contributed by atoms with Gasteiger partial charge in [0.1, 0.15) is 9.84 Å². The van der Waals surface area contributed by atoms with Gasteiger partial charge in [0.25, 0.3) is 0 Å². The fourth-order valence-electron chi connectivity index (χ4n) is 1.92. The first-order chi connectivity index (χ1) is 8.70. The third-order valence-corrected chi connectivity index (χ3v) is 4.82. The molecule has 0 aliphatic rings. The second kappa shape index (κ2) is 6.93. The summed E-state index contributed by atoms with van der Waals surface area (Å²) in [5.41, 5.74) is 0.917. The molecule has 0 fully saturated rings. The predicted octanol–water partition coefficient (Wildman–Crippen LogP) is 3.32. The van der Waals surface area contributed by atoms with Crippen LogP contribution in [0, 0.1) is 5.92 Å². The van der Waals surface area contributed by atoms with E-state index in [0.717, 1.165) is 5.56 Å². The Morgan fingerprint density at radius 1 is 1.26 bits per heavy atom. The minimum Gasteiger partial charge on any atom is -0.310 e. The van der Waals surface area contributed by atoms with Gasteiger partial charge in [-0.05, 0) is 31.0 Å². The Balaban J connectivity index is 2.61. The Labute approximate surface area is 125 Å². The molecular weight excluding hydrogens is 305 g/mol. The van der Waals surface area contributed by atoms with Gasteiger partial charge >= 0.3 is 0 Å². The molecule has 0 aliphatic heterocycles. The molecule has 1 aromatic rings. The number of halogens is 2. The summed E-state index contributed by atoms with van der Waals surface area (Å²) in [7, 11) is -2.94. The Kier molecular flexibility index (Phi) is 6.12. The molecule has 0 spiro atoms. The number of rotatable bonds is 6. The molecule has 0 saturated heterocycles. The van der Waals surface area contributed by atoms with Crippen molar-refractivity contribution in [2.75, 3.05) is 18.6 Å². The molecule has 6 heteroatoms. The molecule has 0 heterocycles. The van der Waals surface area contributed by atoms with Crippen LogP contribution in [0.4, 0.5) is 0 Å². The fourth-order valence-corrected chi connectivity index (χ4v) is 3.54. The average Bonchev–Trinajstić information content (AvgIpc) is 2.27. The van der Waals surface area contributed by atoms with Crippen LogP contribution in [0.25, 0.3) is 0 Å². The molecule has 1 aromatic carbocycles. The van der Waals surface area contributed by atoms with E-state index in [1.165, 1.54) is 6.26 Å². The SMILES string of the molecule is C[C@H](CN[C@H](C)c1cccc(Cl)c1Cl)CS(C)(=O)=O. The van der Waals surface area contributed by atoms with Crippen LogP contribution in [0.15, 0.2) is 18.2 Å². The van der Waals surface area contributed by atoms with Crippen LogP contribution in [0.2, 0.25) is 10.0 Å². The van der Waals surface area contributed by atoms with E-state index < -0.39 is 9.84 Å². The first-order valence-corrected chi connectivity index (χ1v) is 8.87. The maximum Gasteiger partial charge on any atom is 0.147 e. The molecular formula is C13H19Cl2NO2S. The van der Waals surface area contributed by atoms with Crippen molar-refractivity contribution in [2.45, 2.75) is 19.9 Å². The van der Waals surface area contributed by atoms with Crippen molar-refractivity contribution in [1.29, 1.82) is 0 Å². The molecule has 0 bridgehead atoms. The van der Waals surface area contributed by atoms with E-state index in [0.29, 0.717) is 16.6 Å². The number of sulfone groups is 1. The second-order valence-electron chi connectivity index (χ2n) is 4.97. The van der Waals surface area contributed by atoms with Gasteiger partial charge in [0.05, 0.1) is 15.8 Å². The lowest BCUT2D eigenvalue weighted by Crippen LogP contribution is -2.28. The minimum atomic E-state index is -2.94. The summed E-state index contributed by atoms with van der Waals surface area (Å²) in [6.45, 7) is 4.49. The zero-order valence-electron chi connectivity index (χ0n) is 11.3. The van der Waals surface area contributed by atoms with Crippen LogP contribution in [0.3, 0.4) is 0 Å². The zero-order chi connectivity index (χ0) is 14.6. The van der Waals surface area contributed by atoms with Crippen LogP contribution in [0.1, 0.15) is 25.5 Å². The summed E-state index contributed by atoms with van der Waals surface area (Å²) >= 11 is 12.1. The smallest absolute Gasteiger partial charge is 0.147 e. The van der Waals surface area contributed by atoms with Crippen molar-refractivity contribution in [1.82, 2.24) is 5.32 Å². The zero-order valence-corrected chi connectivity index (χ0v) is 13.6. The first-order valence-electron chi connectivity index (χ1n) is 6.05. The minimum absolute atomic E-state index is 0.0215. The van der Waals surface area contributed by atoms with Gasteiger partial charge < -0.3 is 5.32 Å². The van der Waals surface area contributed by atoms with Crippen molar-refractivity contribution in [3.05, 3.63) is 33.8 Å². The quantitative estimate of drug-likeness (QED) is 0.873. The molecule has 0 saturated carbocycles. The van der Waals surface area contributed by atoms with E-state index in [1.54, 1.807) is 6.07 Å². The van der Waals surface area contributed by atoms with E-state index in [-0.39, 0.29) is 17.7 Å². The van der Waals surface area contributed by atoms with E-state index in [4.69, 9.17) is 23.2 Å². The number of nitrogens with one attached hydrogen (secondary N) is 1. The second-order valence-corrected chi connectivity index (χ2v) is 7.94. The normalized spacial score (nSPS) is 15.2. The van der Waals surface area contributed by atoms with Gasteiger partial charge in [0.2, 0.25) is 0 Å². The van der Waals surface area contributed by atoms with Crippen LogP contribution >= 0.6 is 23.2 Å². The molecule has 0 unspecified atom stereocenters. The maximum atomic E-state index is 11.2. The van der Waals surface area contributed by atoms with Gasteiger partial charge in [-0.1, -0.05) is 42.3 Å². The standard InChI is InChI=1S/C13H19Cl2NO2S/c1-9(8-19(3,17)18)7-16-10(2)11-5-4-6-12(14)13(11)15/h4-6,9-10,16H,7-8H2,1-3H3/t9-,10-/m1/s1. The summed E-state index contributed by atoms with van der Waals surface area (Å²) in [6.07, 6.45) is 1.25. The molecule has 3 nitrogen and oxygen atoms in total. The largest absolute Gasteiger partial charge is 0.310 e. The molecule has 108 valence electrons. The predicted molar refractivity (Wildman–Crippen MR) is 81.8 cm³/mol. The van der Waals surface area contributed by atoms with Crippen molar-refractivity contribution < 1.29 is 8.42 Å². The summed E-state index contributed by atoms with van der Waals surface area (Å²) in [5.74, 6) is 0.228. The molecule has 1 N–H and O–H groups in total. The molecule has 0 aliphatic carbocycles. The maximum absolute atomic E-state index is 11.2. The lowest BCUT2D eigenvalue weighted by atomic mass is 10.1. The van der Waals surface area contributed by atoms with Gasteiger partial charge in [-0.3, -0.25) is 0 Å². The molecule has 0 aromatic heterocycles. The highest BCUT2D eigenvalue weighted by Gasteiger charge is 2.14. The average molecular weight is 324 g/mol. The Hall–Kier alpha value is -0.290.